The summed E-state index contributed by atoms with van der Waals surface area (Å²) in [6, 6.07) is 27.2. The SMILES string of the molecule is COC(=O)C1=C(C)NC(C)=C(C(=O)OCCN2CCN(C(c3ccccc3)c3ccccc3)CC2)[C@H]1c1cccc([N+](=O)[O-])c1.[Ca+2].[H-].[H-]. The van der Waals surface area contributed by atoms with Gasteiger partial charge in [-0.1, -0.05) is 72.8 Å². The summed E-state index contributed by atoms with van der Waals surface area (Å²) in [5, 5.41) is 14.6. The Balaban J connectivity index is 0.00000267. The zero-order valence-corrected chi connectivity index (χ0v) is 28.7. The molecule has 46 heavy (non-hydrogen) atoms. The molecule has 10 nitrogen and oxygen atoms in total. The molecule has 1 saturated heterocycles. The fourth-order valence-corrected chi connectivity index (χ4v) is 6.27. The number of esters is 2. The van der Waals surface area contributed by atoms with Crippen molar-refractivity contribution in [2.45, 2.75) is 25.8 Å². The van der Waals surface area contributed by atoms with Crippen LogP contribution >= 0.6 is 0 Å². The van der Waals surface area contributed by atoms with Gasteiger partial charge in [-0.05, 0) is 30.5 Å². The molecule has 5 rings (SSSR count). The topological polar surface area (TPSA) is 114 Å². The van der Waals surface area contributed by atoms with Crippen molar-refractivity contribution in [3.8, 4) is 0 Å². The molecule has 0 unspecified atom stereocenters. The van der Waals surface area contributed by atoms with Crippen LogP contribution in [-0.4, -0.2) is 111 Å². The number of nitro benzene ring substituents is 1. The third-order valence-electron chi connectivity index (χ3n) is 8.44. The molecule has 0 radical (unpaired) electrons. The van der Waals surface area contributed by atoms with Crippen molar-refractivity contribution in [3.05, 3.63) is 134 Å². The Morgan fingerprint density at radius 1 is 0.891 bits per heavy atom. The van der Waals surface area contributed by atoms with E-state index in [2.05, 4.69) is 63.6 Å². The zero-order chi connectivity index (χ0) is 31.9. The summed E-state index contributed by atoms with van der Waals surface area (Å²) in [5.74, 6) is -2.10. The van der Waals surface area contributed by atoms with Crippen LogP contribution < -0.4 is 5.32 Å². The van der Waals surface area contributed by atoms with Gasteiger partial charge in [-0.25, -0.2) is 9.59 Å². The summed E-state index contributed by atoms with van der Waals surface area (Å²) in [7, 11) is 1.26. The van der Waals surface area contributed by atoms with Gasteiger partial charge in [0, 0.05) is 56.3 Å². The maximum absolute atomic E-state index is 13.6. The van der Waals surface area contributed by atoms with Crippen LogP contribution in [0.1, 0.15) is 45.4 Å². The first-order chi connectivity index (χ1) is 21.8. The number of dihydropyridines is 1. The number of nitro groups is 1. The minimum absolute atomic E-state index is 0. The van der Waals surface area contributed by atoms with E-state index < -0.39 is 22.8 Å². The molecule has 1 atom stereocenters. The van der Waals surface area contributed by atoms with Gasteiger partial charge in [-0.15, -0.1) is 0 Å². The van der Waals surface area contributed by atoms with Crippen LogP contribution in [0.2, 0.25) is 0 Å². The fourth-order valence-electron chi connectivity index (χ4n) is 6.27. The number of hydrogen-bond acceptors (Lipinski definition) is 9. The van der Waals surface area contributed by atoms with E-state index in [9.17, 15) is 19.7 Å². The first kappa shape index (κ1) is 35.3. The van der Waals surface area contributed by atoms with Crippen LogP contribution in [0.25, 0.3) is 0 Å². The van der Waals surface area contributed by atoms with Crippen molar-refractivity contribution in [2.24, 2.45) is 0 Å². The van der Waals surface area contributed by atoms with Gasteiger partial charge in [0.05, 0.1) is 35.1 Å². The summed E-state index contributed by atoms with van der Waals surface area (Å²) in [4.78, 5) is 42.3. The van der Waals surface area contributed by atoms with E-state index >= 15 is 0 Å². The molecule has 2 aliphatic heterocycles. The third kappa shape index (κ3) is 8.05. The number of nitrogens with zero attached hydrogens (tertiary/aromatic N) is 3. The number of carbonyl (C=O) groups is 2. The van der Waals surface area contributed by atoms with Crippen LogP contribution in [0.4, 0.5) is 5.69 Å². The molecule has 2 aliphatic rings. The van der Waals surface area contributed by atoms with E-state index in [1.807, 2.05) is 12.1 Å². The van der Waals surface area contributed by atoms with Crippen LogP contribution in [0.5, 0.6) is 0 Å². The predicted molar refractivity (Wildman–Crippen MR) is 178 cm³/mol. The molecule has 0 saturated carbocycles. The monoisotopic (exact) mass is 652 g/mol. The van der Waals surface area contributed by atoms with E-state index in [1.54, 1.807) is 19.9 Å². The molecule has 0 aliphatic carbocycles. The first-order valence-electron chi connectivity index (χ1n) is 15.0. The van der Waals surface area contributed by atoms with Crippen LogP contribution in [0.3, 0.4) is 0 Å². The average Bonchev–Trinajstić information content (AvgIpc) is 3.06. The van der Waals surface area contributed by atoms with Crippen molar-refractivity contribution in [1.82, 2.24) is 15.1 Å². The first-order valence-corrected chi connectivity index (χ1v) is 15.0. The Morgan fingerprint density at radius 3 is 2.00 bits per heavy atom. The number of rotatable bonds is 10. The third-order valence-corrected chi connectivity index (χ3v) is 8.44. The second-order valence-corrected chi connectivity index (χ2v) is 11.2. The van der Waals surface area contributed by atoms with Crippen LogP contribution in [0.15, 0.2) is 107 Å². The number of nitrogens with one attached hydrogen (secondary N) is 1. The number of benzene rings is 3. The van der Waals surface area contributed by atoms with Gasteiger partial charge in [0.25, 0.3) is 5.69 Å². The largest absolute Gasteiger partial charge is 2.00 e. The number of methoxy groups -OCH3 is 1. The normalized spacial score (nSPS) is 17.3. The standard InChI is InChI=1S/C35H38N4O6.Ca.2H/c1-24-30(34(40)44-3)32(28-15-10-16-29(23-28)39(42)43)31(25(2)36-24)35(41)45-22-21-37-17-19-38(20-18-37)33(26-11-6-4-7-12-26)27-13-8-5-9-14-27;;;/h4-16,23,32-33,36H,17-22H2,1-3H3;;;/q;+2;2*-1/t32-;;;/m0.../s1. The number of non-ortho nitro benzene ring substituents is 1. The van der Waals surface area contributed by atoms with Crippen LogP contribution in [0, 0.1) is 10.1 Å². The molecule has 3 aromatic rings. The van der Waals surface area contributed by atoms with Crippen LogP contribution in [-0.2, 0) is 19.1 Å². The molecule has 2 heterocycles. The fraction of sp³-hybridized carbons (Fsp3) is 0.314. The molecular formula is C35H40CaN4O6. The molecular weight excluding hydrogens is 612 g/mol. The van der Waals surface area contributed by atoms with E-state index in [0.717, 1.165) is 26.2 Å². The molecule has 3 aromatic carbocycles. The summed E-state index contributed by atoms with van der Waals surface area (Å²) in [5.41, 5.74) is 4.25. The van der Waals surface area contributed by atoms with Gasteiger partial charge in [0.15, 0.2) is 0 Å². The smallest absolute Gasteiger partial charge is 1.00 e. The van der Waals surface area contributed by atoms with E-state index in [0.29, 0.717) is 23.5 Å². The molecule has 0 bridgehead atoms. The van der Waals surface area contributed by atoms with E-state index in [1.165, 1.54) is 36.4 Å². The van der Waals surface area contributed by atoms with Gasteiger partial charge >= 0.3 is 49.7 Å². The summed E-state index contributed by atoms with van der Waals surface area (Å²) in [6.07, 6.45) is 0. The van der Waals surface area contributed by atoms with E-state index in [-0.39, 0.29) is 70.1 Å². The van der Waals surface area contributed by atoms with Crippen molar-refractivity contribution in [2.75, 3.05) is 46.4 Å². The van der Waals surface area contributed by atoms with Gasteiger partial charge in [0.1, 0.15) is 6.61 Å². The van der Waals surface area contributed by atoms with Gasteiger partial charge in [-0.2, -0.15) is 0 Å². The predicted octanol–water partition coefficient (Wildman–Crippen LogP) is 4.80. The maximum atomic E-state index is 13.6. The number of hydrogen-bond donors (Lipinski definition) is 1. The Morgan fingerprint density at radius 2 is 1.46 bits per heavy atom. The Kier molecular flexibility index (Phi) is 12.5. The van der Waals surface area contributed by atoms with E-state index in [4.69, 9.17) is 9.47 Å². The molecule has 11 heteroatoms. The minimum atomic E-state index is -0.887. The second-order valence-electron chi connectivity index (χ2n) is 11.2. The molecule has 238 valence electrons. The molecule has 0 spiro atoms. The summed E-state index contributed by atoms with van der Waals surface area (Å²) >= 11 is 0. The van der Waals surface area contributed by atoms with Crippen molar-refractivity contribution < 1.29 is 26.8 Å². The van der Waals surface area contributed by atoms with Gasteiger partial charge in [-0.3, -0.25) is 19.9 Å². The number of ether oxygens (including phenoxy) is 2. The Hall–Kier alpha value is -3.54. The maximum Gasteiger partial charge on any atom is 2.00 e. The average molecular weight is 653 g/mol. The molecule has 0 amide bonds. The van der Waals surface area contributed by atoms with Gasteiger partial charge < -0.3 is 17.6 Å². The quantitative estimate of drug-likeness (QED) is 0.143. The number of allylic oxidation sites excluding steroid dienone is 2. The molecule has 0 aromatic heterocycles. The van der Waals surface area contributed by atoms with Crippen molar-refractivity contribution >= 4 is 55.4 Å². The van der Waals surface area contributed by atoms with Crippen molar-refractivity contribution in [3.63, 3.8) is 0 Å². The molecule has 1 N–H and O–H groups in total. The summed E-state index contributed by atoms with van der Waals surface area (Å²) < 4.78 is 10.8. The number of piperazine rings is 1. The molecule has 1 fully saturated rings. The zero-order valence-electron chi connectivity index (χ0n) is 28.5. The van der Waals surface area contributed by atoms with Gasteiger partial charge in [0.2, 0.25) is 0 Å². The Labute approximate surface area is 302 Å². The number of carbonyl (C=O) groups excluding carboxylic acids is 2. The van der Waals surface area contributed by atoms with Crippen molar-refractivity contribution in [1.29, 1.82) is 0 Å². The Bertz CT molecular complexity index is 1580. The summed E-state index contributed by atoms with van der Waals surface area (Å²) in [6.45, 7) is 7.52. The second kappa shape index (κ2) is 16.3. The minimum Gasteiger partial charge on any atom is -1.00 e.